The van der Waals surface area contributed by atoms with Crippen LogP contribution in [-0.2, 0) is 17.4 Å². The molecule has 0 aliphatic heterocycles. The lowest BCUT2D eigenvalue weighted by atomic mass is 9.79. The molecule has 4 atom stereocenters. The van der Waals surface area contributed by atoms with Crippen LogP contribution in [0, 0.1) is 17.8 Å². The lowest BCUT2D eigenvalue weighted by molar-refractivity contribution is 0.0557. The van der Waals surface area contributed by atoms with Gasteiger partial charge in [-0.25, -0.2) is 0 Å². The first-order chi connectivity index (χ1) is 13.7. The number of hydrogen-bond donors (Lipinski definition) is 2. The number of hydrogen-bond acceptors (Lipinski definition) is 6. The van der Waals surface area contributed by atoms with Crippen molar-refractivity contribution in [2.45, 2.75) is 95.6 Å². The minimum Gasteiger partial charge on any atom is -0.398 e. The molecule has 0 heterocycles. The number of aliphatic hydroxyl groups is 2. The average molecular weight is 449 g/mol. The molecule has 0 bridgehead atoms. The second kappa shape index (κ2) is 11.7. The van der Waals surface area contributed by atoms with E-state index in [2.05, 4.69) is 13.5 Å². The Morgan fingerprint density at radius 3 is 1.93 bits per heavy atom. The van der Waals surface area contributed by atoms with Crippen LogP contribution in [0.15, 0.2) is 0 Å². The average Bonchev–Trinajstić information content (AvgIpc) is 2.73. The standard InChI is InChI=1S/C21H44O6Si2/c1-17-16-19(8-11-21(17)23)12-14-28(5,24-2)27-29(25-3,26-4)15-13-18-6-9-20(22)10-7-18/h17-23H,6-16H2,1-5H3. The molecular weight excluding hydrogens is 404 g/mol. The van der Waals surface area contributed by atoms with Gasteiger partial charge in [0.05, 0.1) is 12.2 Å². The quantitative estimate of drug-likeness (QED) is 0.464. The monoisotopic (exact) mass is 448 g/mol. The molecular formula is C21H44O6Si2. The van der Waals surface area contributed by atoms with Crippen LogP contribution in [0.4, 0.5) is 0 Å². The molecule has 0 saturated heterocycles. The lowest BCUT2D eigenvalue weighted by Crippen LogP contribution is -2.54. The van der Waals surface area contributed by atoms with Crippen molar-refractivity contribution in [3.8, 4) is 0 Å². The molecule has 4 unspecified atom stereocenters. The summed E-state index contributed by atoms with van der Waals surface area (Å²) in [6, 6.07) is 1.73. The van der Waals surface area contributed by atoms with E-state index in [0.29, 0.717) is 17.8 Å². The highest BCUT2D eigenvalue weighted by molar-refractivity contribution is 6.77. The molecule has 2 fully saturated rings. The van der Waals surface area contributed by atoms with Crippen molar-refractivity contribution in [3.05, 3.63) is 0 Å². The Morgan fingerprint density at radius 1 is 0.793 bits per heavy atom. The van der Waals surface area contributed by atoms with Gasteiger partial charge in [0.25, 0.3) is 0 Å². The normalized spacial score (nSPS) is 33.4. The molecule has 0 aromatic carbocycles. The maximum atomic E-state index is 9.99. The van der Waals surface area contributed by atoms with E-state index in [0.717, 1.165) is 69.9 Å². The van der Waals surface area contributed by atoms with Gasteiger partial charge in [-0.3, -0.25) is 0 Å². The van der Waals surface area contributed by atoms with Gasteiger partial charge >= 0.3 is 17.4 Å². The Hall–Kier alpha value is 0.194. The minimum absolute atomic E-state index is 0.123. The van der Waals surface area contributed by atoms with Crippen molar-refractivity contribution in [3.63, 3.8) is 0 Å². The fraction of sp³-hybridized carbons (Fsp3) is 1.00. The third-order valence-electron chi connectivity index (χ3n) is 7.34. The van der Waals surface area contributed by atoms with Crippen LogP contribution in [0.3, 0.4) is 0 Å². The first-order valence-corrected chi connectivity index (χ1v) is 15.9. The van der Waals surface area contributed by atoms with Crippen LogP contribution in [0.25, 0.3) is 0 Å². The molecule has 2 rings (SSSR count). The van der Waals surface area contributed by atoms with Gasteiger partial charge in [-0.05, 0) is 88.1 Å². The molecule has 2 aliphatic carbocycles. The van der Waals surface area contributed by atoms with Gasteiger partial charge in [0, 0.05) is 27.4 Å². The Balaban J connectivity index is 1.90. The van der Waals surface area contributed by atoms with Gasteiger partial charge in [-0.15, -0.1) is 0 Å². The van der Waals surface area contributed by atoms with Gasteiger partial charge in [-0.1, -0.05) is 6.92 Å². The van der Waals surface area contributed by atoms with Crippen molar-refractivity contribution in [1.29, 1.82) is 0 Å². The van der Waals surface area contributed by atoms with Crippen LogP contribution >= 0.6 is 0 Å². The van der Waals surface area contributed by atoms with E-state index in [-0.39, 0.29) is 12.2 Å². The van der Waals surface area contributed by atoms with E-state index in [1.54, 1.807) is 21.3 Å². The summed E-state index contributed by atoms with van der Waals surface area (Å²) >= 11 is 0. The molecule has 0 amide bonds. The van der Waals surface area contributed by atoms with Gasteiger partial charge in [0.2, 0.25) is 0 Å². The van der Waals surface area contributed by atoms with E-state index in [1.165, 1.54) is 0 Å². The van der Waals surface area contributed by atoms with Crippen LogP contribution < -0.4 is 0 Å². The third-order valence-corrected chi connectivity index (χ3v) is 14.5. The predicted molar refractivity (Wildman–Crippen MR) is 119 cm³/mol. The van der Waals surface area contributed by atoms with E-state index in [9.17, 15) is 10.2 Å². The van der Waals surface area contributed by atoms with Gasteiger partial charge in [0.1, 0.15) is 0 Å². The fourth-order valence-corrected chi connectivity index (χ4v) is 11.9. The summed E-state index contributed by atoms with van der Waals surface area (Å²) in [7, 11) is -0.0268. The summed E-state index contributed by atoms with van der Waals surface area (Å²) in [6.45, 7) is 4.28. The van der Waals surface area contributed by atoms with E-state index in [1.807, 2.05) is 0 Å². The summed E-state index contributed by atoms with van der Waals surface area (Å²) < 4.78 is 24.4. The fourth-order valence-electron chi connectivity index (χ4n) is 4.98. The molecule has 2 N–H and O–H groups in total. The zero-order chi connectivity index (χ0) is 21.5. The van der Waals surface area contributed by atoms with Crippen molar-refractivity contribution in [1.82, 2.24) is 0 Å². The van der Waals surface area contributed by atoms with E-state index >= 15 is 0 Å². The second-order valence-electron chi connectivity index (χ2n) is 9.51. The summed E-state index contributed by atoms with van der Waals surface area (Å²) in [5.74, 6) is 1.63. The highest BCUT2D eigenvalue weighted by Crippen LogP contribution is 2.36. The molecule has 0 spiro atoms. The molecule has 29 heavy (non-hydrogen) atoms. The topological polar surface area (TPSA) is 77.4 Å². The molecule has 8 heteroatoms. The predicted octanol–water partition coefficient (Wildman–Crippen LogP) is 4.08. The Kier molecular flexibility index (Phi) is 10.3. The largest absolute Gasteiger partial charge is 0.491 e. The van der Waals surface area contributed by atoms with Crippen molar-refractivity contribution in [2.75, 3.05) is 21.3 Å². The van der Waals surface area contributed by atoms with E-state index < -0.39 is 17.4 Å². The summed E-state index contributed by atoms with van der Waals surface area (Å²) in [5.41, 5.74) is 0. The smallest absolute Gasteiger partial charge is 0.398 e. The Bertz CT molecular complexity index is 470. The van der Waals surface area contributed by atoms with Crippen LogP contribution in [0.1, 0.15) is 64.7 Å². The summed E-state index contributed by atoms with van der Waals surface area (Å²) in [4.78, 5) is 0. The zero-order valence-corrected chi connectivity index (χ0v) is 21.2. The van der Waals surface area contributed by atoms with Crippen LogP contribution in [0.2, 0.25) is 18.6 Å². The molecule has 0 radical (unpaired) electrons. The molecule has 0 aromatic rings. The third kappa shape index (κ3) is 7.68. The first kappa shape index (κ1) is 25.5. The van der Waals surface area contributed by atoms with Crippen molar-refractivity contribution >= 4 is 17.4 Å². The lowest BCUT2D eigenvalue weighted by Gasteiger charge is -2.38. The SMILES string of the molecule is CO[Si](C)(CCC1CCC(O)C(C)C1)O[Si](CCC1CCC(O)CC1)(OC)OC. The molecule has 172 valence electrons. The van der Waals surface area contributed by atoms with Gasteiger partial charge < -0.3 is 27.6 Å². The number of rotatable bonds is 11. The van der Waals surface area contributed by atoms with Crippen LogP contribution in [-0.4, -0.2) is 61.1 Å². The summed E-state index contributed by atoms with van der Waals surface area (Å²) in [5, 5.41) is 19.7. The maximum Gasteiger partial charge on any atom is 0.491 e. The first-order valence-electron chi connectivity index (χ1n) is 11.5. The number of aliphatic hydroxyl groups excluding tert-OH is 2. The maximum absolute atomic E-state index is 9.99. The van der Waals surface area contributed by atoms with Crippen molar-refractivity contribution in [2.24, 2.45) is 17.8 Å². The van der Waals surface area contributed by atoms with Crippen LogP contribution in [0.5, 0.6) is 0 Å². The molecule has 2 saturated carbocycles. The molecule has 6 nitrogen and oxygen atoms in total. The highest BCUT2D eigenvalue weighted by atomic mass is 28.5. The second-order valence-corrected chi connectivity index (χ2v) is 16.2. The molecule has 0 aromatic heterocycles. The van der Waals surface area contributed by atoms with Gasteiger partial charge in [0.15, 0.2) is 0 Å². The van der Waals surface area contributed by atoms with E-state index in [4.69, 9.17) is 17.4 Å². The highest BCUT2D eigenvalue weighted by Gasteiger charge is 2.48. The molecule has 2 aliphatic rings. The zero-order valence-electron chi connectivity index (χ0n) is 19.2. The van der Waals surface area contributed by atoms with Crippen molar-refractivity contribution < 1.29 is 27.6 Å². The minimum atomic E-state index is -2.78. The Morgan fingerprint density at radius 2 is 1.38 bits per heavy atom. The Labute approximate surface area is 179 Å². The summed E-state index contributed by atoms with van der Waals surface area (Å²) in [6.07, 6.45) is 8.86. The van der Waals surface area contributed by atoms with Gasteiger partial charge in [-0.2, -0.15) is 0 Å².